The summed E-state index contributed by atoms with van der Waals surface area (Å²) in [5, 5.41) is 13.1. The third-order valence-electron chi connectivity index (χ3n) is 5.80. The zero-order chi connectivity index (χ0) is 25.3. The van der Waals surface area contributed by atoms with E-state index in [4.69, 9.17) is 9.47 Å². The number of methoxy groups -OCH3 is 2. The number of anilines is 1. The second kappa shape index (κ2) is 9.38. The van der Waals surface area contributed by atoms with Gasteiger partial charge < -0.3 is 9.47 Å². The van der Waals surface area contributed by atoms with E-state index >= 15 is 0 Å². The van der Waals surface area contributed by atoms with E-state index < -0.39 is 10.0 Å². The average Bonchev–Trinajstić information content (AvgIpc) is 3.15. The van der Waals surface area contributed by atoms with E-state index in [9.17, 15) is 8.42 Å². The number of ether oxygens (including phenoxy) is 2. The van der Waals surface area contributed by atoms with Gasteiger partial charge in [-0.15, -0.1) is 10.2 Å². The van der Waals surface area contributed by atoms with Crippen LogP contribution in [-0.4, -0.2) is 42.6 Å². The first-order valence-corrected chi connectivity index (χ1v) is 12.4. The average molecular weight is 494 g/mol. The molecule has 4 aromatic rings. The van der Waals surface area contributed by atoms with Crippen molar-refractivity contribution in [3.05, 3.63) is 71.0 Å². The van der Waals surface area contributed by atoms with Crippen LogP contribution in [-0.2, 0) is 10.0 Å². The van der Waals surface area contributed by atoms with Gasteiger partial charge in [0.25, 0.3) is 10.0 Å². The largest absolute Gasteiger partial charge is 0.493 e. The van der Waals surface area contributed by atoms with Crippen molar-refractivity contribution in [2.24, 2.45) is 0 Å². The van der Waals surface area contributed by atoms with Gasteiger partial charge in [-0.25, -0.2) is 13.1 Å². The molecule has 0 saturated heterocycles. The number of nitrogens with zero attached hydrogens (tertiary/aromatic N) is 4. The predicted molar refractivity (Wildman–Crippen MR) is 134 cm³/mol. The second-order valence-corrected chi connectivity index (χ2v) is 9.78. The summed E-state index contributed by atoms with van der Waals surface area (Å²) >= 11 is 0. The van der Waals surface area contributed by atoms with Gasteiger partial charge >= 0.3 is 0 Å². The van der Waals surface area contributed by atoms with Crippen molar-refractivity contribution in [1.82, 2.24) is 20.0 Å². The first-order chi connectivity index (χ1) is 16.6. The summed E-state index contributed by atoms with van der Waals surface area (Å²) in [5.41, 5.74) is 5.16. The monoisotopic (exact) mass is 493 g/mol. The van der Waals surface area contributed by atoms with E-state index in [-0.39, 0.29) is 4.90 Å². The number of nitrogens with one attached hydrogen (secondary N) is 1. The summed E-state index contributed by atoms with van der Waals surface area (Å²) in [6.07, 6.45) is 0. The van der Waals surface area contributed by atoms with Crippen molar-refractivity contribution in [3.63, 3.8) is 0 Å². The molecule has 2 aromatic heterocycles. The Hall–Kier alpha value is -3.92. The molecule has 2 heterocycles. The fourth-order valence-electron chi connectivity index (χ4n) is 3.84. The molecule has 0 aliphatic carbocycles. The lowest BCUT2D eigenvalue weighted by atomic mass is 10.0. The Bertz CT molecular complexity index is 1500. The lowest BCUT2D eigenvalue weighted by Crippen LogP contribution is -2.15. The van der Waals surface area contributed by atoms with Crippen LogP contribution in [0.5, 0.6) is 11.5 Å². The molecule has 4 rings (SSSR count). The molecule has 0 amide bonds. The summed E-state index contributed by atoms with van der Waals surface area (Å²) in [5.74, 6) is 1.33. The Morgan fingerprint density at radius 3 is 2.20 bits per heavy atom. The van der Waals surface area contributed by atoms with Crippen molar-refractivity contribution in [1.29, 1.82) is 0 Å². The van der Waals surface area contributed by atoms with Crippen LogP contribution in [0.15, 0.2) is 53.4 Å². The summed E-state index contributed by atoms with van der Waals surface area (Å²) in [7, 11) is -0.943. The van der Waals surface area contributed by atoms with Crippen molar-refractivity contribution in [2.45, 2.75) is 32.6 Å². The molecule has 9 nitrogen and oxygen atoms in total. The molecule has 0 bridgehead atoms. The molecule has 0 radical (unpaired) electrons. The van der Waals surface area contributed by atoms with Gasteiger partial charge in [-0.3, -0.25) is 4.72 Å². The molecule has 0 atom stereocenters. The Labute approximate surface area is 204 Å². The molecular weight excluding hydrogens is 466 g/mol. The van der Waals surface area contributed by atoms with Crippen LogP contribution in [0.1, 0.15) is 22.5 Å². The topological polar surface area (TPSA) is 108 Å². The third-order valence-corrected chi connectivity index (χ3v) is 7.43. The van der Waals surface area contributed by atoms with E-state index in [1.807, 2.05) is 18.2 Å². The highest BCUT2D eigenvalue weighted by molar-refractivity contribution is 7.92. The Morgan fingerprint density at radius 1 is 0.829 bits per heavy atom. The third kappa shape index (κ3) is 4.69. The van der Waals surface area contributed by atoms with Gasteiger partial charge in [0.1, 0.15) is 4.90 Å². The van der Waals surface area contributed by atoms with Crippen LogP contribution in [0.25, 0.3) is 17.1 Å². The number of hydrogen-bond donors (Lipinski definition) is 1. The second-order valence-electron chi connectivity index (χ2n) is 8.16. The van der Waals surface area contributed by atoms with Crippen molar-refractivity contribution in [3.8, 4) is 28.6 Å². The fourth-order valence-corrected chi connectivity index (χ4v) is 5.28. The van der Waals surface area contributed by atoms with Gasteiger partial charge in [0.15, 0.2) is 17.3 Å². The van der Waals surface area contributed by atoms with Crippen LogP contribution in [0.4, 0.5) is 5.69 Å². The van der Waals surface area contributed by atoms with Gasteiger partial charge in [-0.1, -0.05) is 12.1 Å². The zero-order valence-electron chi connectivity index (χ0n) is 20.4. The van der Waals surface area contributed by atoms with E-state index in [0.29, 0.717) is 34.4 Å². The molecule has 0 saturated carbocycles. The number of rotatable bonds is 7. The minimum absolute atomic E-state index is 0.0762. The van der Waals surface area contributed by atoms with Gasteiger partial charge in [-0.2, -0.15) is 5.10 Å². The highest BCUT2D eigenvalue weighted by Gasteiger charge is 2.26. The lowest BCUT2D eigenvalue weighted by molar-refractivity contribution is 0.355. The number of hydrogen-bond acceptors (Lipinski definition) is 7. The molecule has 0 fully saturated rings. The molecule has 35 heavy (non-hydrogen) atoms. The maximum absolute atomic E-state index is 13.3. The van der Waals surface area contributed by atoms with E-state index in [2.05, 4.69) is 39.9 Å². The Morgan fingerprint density at radius 2 is 1.57 bits per heavy atom. The SMILES string of the molecule is COc1ccc(NS(=O)(=O)c2c(C)nn(-c3ccc(-c4ccc(C)c(C)c4)nn3)c2C)cc1OC. The maximum Gasteiger partial charge on any atom is 0.265 e. The number of aryl methyl sites for hydroxylation is 3. The Balaban J connectivity index is 1.65. The van der Waals surface area contributed by atoms with E-state index in [0.717, 1.165) is 11.3 Å². The first kappa shape index (κ1) is 24.2. The molecule has 1 N–H and O–H groups in total. The smallest absolute Gasteiger partial charge is 0.265 e. The van der Waals surface area contributed by atoms with Crippen LogP contribution in [0.3, 0.4) is 0 Å². The molecule has 0 aliphatic rings. The maximum atomic E-state index is 13.3. The summed E-state index contributed by atoms with van der Waals surface area (Å²) in [4.78, 5) is 0.0762. The van der Waals surface area contributed by atoms with Gasteiger partial charge in [0.2, 0.25) is 0 Å². The van der Waals surface area contributed by atoms with Gasteiger partial charge in [-0.05, 0) is 69.2 Å². The van der Waals surface area contributed by atoms with Crippen LogP contribution in [0, 0.1) is 27.7 Å². The summed E-state index contributed by atoms with van der Waals surface area (Å²) in [6.45, 7) is 7.43. The molecule has 0 unspecified atom stereocenters. The van der Waals surface area contributed by atoms with Crippen molar-refractivity contribution in [2.75, 3.05) is 18.9 Å². The van der Waals surface area contributed by atoms with E-state index in [1.54, 1.807) is 38.1 Å². The number of aromatic nitrogens is 4. The van der Waals surface area contributed by atoms with Crippen LogP contribution in [0.2, 0.25) is 0 Å². The molecule has 182 valence electrons. The number of sulfonamides is 1. The molecule has 0 spiro atoms. The normalized spacial score (nSPS) is 11.4. The van der Waals surface area contributed by atoms with Crippen LogP contribution < -0.4 is 14.2 Å². The summed E-state index contributed by atoms with van der Waals surface area (Å²) in [6, 6.07) is 14.5. The first-order valence-electron chi connectivity index (χ1n) is 10.9. The summed E-state index contributed by atoms with van der Waals surface area (Å²) < 4.78 is 41.1. The van der Waals surface area contributed by atoms with Crippen molar-refractivity contribution < 1.29 is 17.9 Å². The molecule has 0 aliphatic heterocycles. The lowest BCUT2D eigenvalue weighted by Gasteiger charge is -2.12. The highest BCUT2D eigenvalue weighted by atomic mass is 32.2. The highest BCUT2D eigenvalue weighted by Crippen LogP contribution is 2.32. The van der Waals surface area contributed by atoms with E-state index in [1.165, 1.54) is 30.0 Å². The van der Waals surface area contributed by atoms with Crippen molar-refractivity contribution >= 4 is 15.7 Å². The minimum atomic E-state index is -3.94. The fraction of sp³-hybridized carbons (Fsp3) is 0.240. The minimum Gasteiger partial charge on any atom is -0.493 e. The zero-order valence-corrected chi connectivity index (χ0v) is 21.3. The standard InChI is InChI=1S/C25H27N5O4S/c1-15-7-8-19(13-16(15)2)21-10-12-24(27-26-21)30-18(4)25(17(3)28-30)35(31,32)29-20-9-11-22(33-5)23(14-20)34-6/h7-14,29H,1-6H3. The Kier molecular flexibility index (Phi) is 6.49. The molecule has 10 heteroatoms. The molecule has 2 aromatic carbocycles. The quantitative estimate of drug-likeness (QED) is 0.407. The van der Waals surface area contributed by atoms with Gasteiger partial charge in [0, 0.05) is 11.6 Å². The number of benzene rings is 2. The predicted octanol–water partition coefficient (Wildman–Crippen LogP) is 4.38. The van der Waals surface area contributed by atoms with Gasteiger partial charge in [0.05, 0.1) is 37.0 Å². The van der Waals surface area contributed by atoms with Crippen LogP contribution >= 0.6 is 0 Å². The molecular formula is C25H27N5O4S.